The monoisotopic (exact) mass is 478 g/mol. The lowest BCUT2D eigenvalue weighted by Crippen LogP contribution is -2.54. The van der Waals surface area contributed by atoms with Gasteiger partial charge in [0.05, 0.1) is 30.4 Å². The highest BCUT2D eigenvalue weighted by atomic mass is 16.6. The molecule has 2 aromatic carbocycles. The van der Waals surface area contributed by atoms with Gasteiger partial charge >= 0.3 is 5.97 Å². The van der Waals surface area contributed by atoms with Crippen molar-refractivity contribution in [2.75, 3.05) is 22.9 Å². The molecule has 0 spiro atoms. The number of anilines is 2. The second kappa shape index (κ2) is 9.96. The SMILES string of the molecule is CC(=O)N1C[C@H](NC(=O)c2ccccc2)C(=O)N(CC(=O)N[C@H]2CC(=O)OC2C)c2ccccc21. The third kappa shape index (κ3) is 5.16. The Morgan fingerprint density at radius 1 is 0.971 bits per heavy atom. The Labute approximate surface area is 202 Å². The maximum atomic E-state index is 13.6. The van der Waals surface area contributed by atoms with Gasteiger partial charge in [-0.1, -0.05) is 30.3 Å². The molecular weight excluding hydrogens is 452 g/mol. The molecule has 182 valence electrons. The van der Waals surface area contributed by atoms with Crippen LogP contribution in [0.1, 0.15) is 30.6 Å². The van der Waals surface area contributed by atoms with Crippen LogP contribution in [0.15, 0.2) is 54.6 Å². The number of fused-ring (bicyclic) bond motifs is 1. The molecule has 2 aliphatic rings. The lowest BCUT2D eigenvalue weighted by atomic mass is 10.1. The first-order valence-electron chi connectivity index (χ1n) is 11.3. The number of hydrogen-bond acceptors (Lipinski definition) is 6. The number of nitrogens with zero attached hydrogens (tertiary/aromatic N) is 2. The van der Waals surface area contributed by atoms with E-state index < -0.39 is 41.9 Å². The number of esters is 1. The van der Waals surface area contributed by atoms with Crippen LogP contribution in [0.2, 0.25) is 0 Å². The Balaban J connectivity index is 1.63. The van der Waals surface area contributed by atoms with E-state index >= 15 is 0 Å². The van der Waals surface area contributed by atoms with Crippen molar-refractivity contribution in [1.29, 1.82) is 0 Å². The van der Waals surface area contributed by atoms with Crippen molar-refractivity contribution in [1.82, 2.24) is 10.6 Å². The summed E-state index contributed by atoms with van der Waals surface area (Å²) in [4.78, 5) is 66.1. The third-order valence-electron chi connectivity index (χ3n) is 6.03. The summed E-state index contributed by atoms with van der Waals surface area (Å²) >= 11 is 0. The summed E-state index contributed by atoms with van der Waals surface area (Å²) in [6, 6.07) is 13.6. The van der Waals surface area contributed by atoms with E-state index in [2.05, 4.69) is 10.6 Å². The molecule has 2 heterocycles. The number of benzene rings is 2. The summed E-state index contributed by atoms with van der Waals surface area (Å²) in [5.74, 6) is -2.22. The molecule has 1 unspecified atom stereocenters. The Morgan fingerprint density at radius 2 is 1.63 bits per heavy atom. The van der Waals surface area contributed by atoms with Gasteiger partial charge < -0.3 is 20.3 Å². The number of amides is 4. The van der Waals surface area contributed by atoms with Crippen LogP contribution in [-0.2, 0) is 23.9 Å². The van der Waals surface area contributed by atoms with Gasteiger partial charge in [-0.25, -0.2) is 0 Å². The van der Waals surface area contributed by atoms with Crippen molar-refractivity contribution >= 4 is 41.0 Å². The first-order chi connectivity index (χ1) is 16.7. The Hall–Kier alpha value is -4.21. The summed E-state index contributed by atoms with van der Waals surface area (Å²) in [7, 11) is 0. The van der Waals surface area contributed by atoms with Crippen molar-refractivity contribution in [2.45, 2.75) is 38.5 Å². The van der Waals surface area contributed by atoms with Crippen LogP contribution >= 0.6 is 0 Å². The molecule has 0 aromatic heterocycles. The van der Waals surface area contributed by atoms with E-state index in [9.17, 15) is 24.0 Å². The van der Waals surface area contributed by atoms with Crippen LogP contribution in [0.4, 0.5) is 11.4 Å². The van der Waals surface area contributed by atoms with E-state index in [0.717, 1.165) is 0 Å². The Bertz CT molecular complexity index is 1170. The molecule has 10 nitrogen and oxygen atoms in total. The van der Waals surface area contributed by atoms with E-state index in [1.165, 1.54) is 16.7 Å². The minimum Gasteiger partial charge on any atom is -0.460 e. The van der Waals surface area contributed by atoms with E-state index in [1.54, 1.807) is 61.5 Å². The lowest BCUT2D eigenvalue weighted by Gasteiger charge is -2.26. The molecule has 0 aliphatic carbocycles. The van der Waals surface area contributed by atoms with Gasteiger partial charge in [-0.2, -0.15) is 0 Å². The van der Waals surface area contributed by atoms with Crippen molar-refractivity contribution in [2.24, 2.45) is 0 Å². The fraction of sp³-hybridized carbons (Fsp3) is 0.320. The highest BCUT2D eigenvalue weighted by Crippen LogP contribution is 2.33. The molecule has 4 rings (SSSR count). The lowest BCUT2D eigenvalue weighted by molar-refractivity contribution is -0.141. The van der Waals surface area contributed by atoms with Crippen LogP contribution in [0.3, 0.4) is 0 Å². The fourth-order valence-corrected chi connectivity index (χ4v) is 4.23. The fourth-order valence-electron chi connectivity index (χ4n) is 4.23. The van der Waals surface area contributed by atoms with Crippen molar-refractivity contribution in [3.05, 3.63) is 60.2 Å². The molecule has 10 heteroatoms. The highest BCUT2D eigenvalue weighted by molar-refractivity contribution is 6.10. The molecule has 2 aromatic rings. The van der Waals surface area contributed by atoms with Crippen molar-refractivity contribution in [3.8, 4) is 0 Å². The standard InChI is InChI=1S/C25H26N4O6/c1-15-18(12-23(32)35-15)26-22(31)14-29-21-11-7-6-10-20(21)28(16(2)30)13-19(25(29)34)27-24(33)17-8-4-3-5-9-17/h3-11,15,18-19H,12-14H2,1-2H3,(H,26,31)(H,27,33)/t15?,18-,19-/m0/s1. The maximum Gasteiger partial charge on any atom is 0.308 e. The zero-order chi connectivity index (χ0) is 25.1. The van der Waals surface area contributed by atoms with Gasteiger partial charge in [0.2, 0.25) is 11.8 Å². The highest BCUT2D eigenvalue weighted by Gasteiger charge is 2.38. The van der Waals surface area contributed by atoms with E-state index in [4.69, 9.17) is 4.74 Å². The largest absolute Gasteiger partial charge is 0.460 e. The molecular formula is C25H26N4O6. The average molecular weight is 479 g/mol. The molecule has 0 saturated carbocycles. The summed E-state index contributed by atoms with van der Waals surface area (Å²) < 4.78 is 5.08. The van der Waals surface area contributed by atoms with Crippen LogP contribution < -0.4 is 20.4 Å². The number of hydrogen-bond donors (Lipinski definition) is 2. The second-order valence-electron chi connectivity index (χ2n) is 8.51. The molecule has 1 saturated heterocycles. The number of para-hydroxylation sites is 2. The van der Waals surface area contributed by atoms with Gasteiger partial charge in [0.1, 0.15) is 18.7 Å². The summed E-state index contributed by atoms with van der Waals surface area (Å²) in [6.07, 6.45) is -0.435. The first kappa shape index (κ1) is 23.9. The third-order valence-corrected chi connectivity index (χ3v) is 6.03. The number of rotatable bonds is 5. The molecule has 3 atom stereocenters. The summed E-state index contributed by atoms with van der Waals surface area (Å²) in [5, 5.41) is 5.46. The molecule has 35 heavy (non-hydrogen) atoms. The Kier molecular flexibility index (Phi) is 6.81. The smallest absolute Gasteiger partial charge is 0.308 e. The quantitative estimate of drug-likeness (QED) is 0.618. The maximum absolute atomic E-state index is 13.6. The number of ether oxygens (including phenoxy) is 1. The van der Waals surface area contributed by atoms with Gasteiger partial charge in [0.15, 0.2) is 0 Å². The van der Waals surface area contributed by atoms with Crippen molar-refractivity contribution in [3.63, 3.8) is 0 Å². The van der Waals surface area contributed by atoms with Crippen LogP contribution in [-0.4, -0.2) is 60.9 Å². The minimum atomic E-state index is -1.10. The second-order valence-corrected chi connectivity index (χ2v) is 8.51. The van der Waals surface area contributed by atoms with Gasteiger partial charge in [0.25, 0.3) is 11.8 Å². The zero-order valence-electron chi connectivity index (χ0n) is 19.4. The number of carbonyl (C=O) groups is 5. The summed E-state index contributed by atoms with van der Waals surface area (Å²) in [5.41, 5.74) is 1.18. The Morgan fingerprint density at radius 3 is 2.26 bits per heavy atom. The van der Waals surface area contributed by atoms with Gasteiger partial charge in [0, 0.05) is 12.5 Å². The van der Waals surface area contributed by atoms with E-state index in [1.807, 2.05) is 0 Å². The topological polar surface area (TPSA) is 125 Å². The average Bonchev–Trinajstić information content (AvgIpc) is 3.10. The van der Waals surface area contributed by atoms with Crippen molar-refractivity contribution < 1.29 is 28.7 Å². The van der Waals surface area contributed by atoms with Gasteiger partial charge in [-0.3, -0.25) is 28.9 Å². The van der Waals surface area contributed by atoms with Crippen LogP contribution in [0, 0.1) is 0 Å². The predicted molar refractivity (Wildman–Crippen MR) is 127 cm³/mol. The van der Waals surface area contributed by atoms with Gasteiger partial charge in [-0.15, -0.1) is 0 Å². The first-order valence-corrected chi connectivity index (χ1v) is 11.3. The van der Waals surface area contributed by atoms with Gasteiger partial charge in [-0.05, 0) is 31.2 Å². The molecule has 2 N–H and O–H groups in total. The summed E-state index contributed by atoms with van der Waals surface area (Å²) in [6.45, 7) is 2.60. The molecule has 2 aliphatic heterocycles. The van der Waals surface area contributed by atoms with Crippen LogP contribution in [0.5, 0.6) is 0 Å². The minimum absolute atomic E-state index is 0.0469. The van der Waals surface area contributed by atoms with Crippen LogP contribution in [0.25, 0.3) is 0 Å². The predicted octanol–water partition coefficient (Wildman–Crippen LogP) is 1.00. The normalized spacial score (nSPS) is 21.6. The molecule has 0 bridgehead atoms. The zero-order valence-corrected chi connectivity index (χ0v) is 19.4. The molecule has 1 fully saturated rings. The molecule has 4 amide bonds. The van der Waals surface area contributed by atoms with E-state index in [-0.39, 0.29) is 25.4 Å². The number of carbonyl (C=O) groups excluding carboxylic acids is 5. The molecule has 0 radical (unpaired) electrons. The van der Waals surface area contributed by atoms with E-state index in [0.29, 0.717) is 16.9 Å². The number of cyclic esters (lactones) is 1. The number of nitrogens with one attached hydrogen (secondary N) is 2.